The van der Waals surface area contributed by atoms with Gasteiger partial charge in [-0.15, -0.1) is 0 Å². The Morgan fingerprint density at radius 1 is 1.50 bits per heavy atom. The molecule has 0 spiro atoms. The SMILES string of the molecule is O=C1CC(CO)CN1c1cc(Br)ccc1O. The summed E-state index contributed by atoms with van der Waals surface area (Å²) in [5.41, 5.74) is 0.496. The van der Waals surface area contributed by atoms with Crippen LogP contribution >= 0.6 is 15.9 Å². The maximum Gasteiger partial charge on any atom is 0.227 e. The van der Waals surface area contributed by atoms with Crippen molar-refractivity contribution in [3.05, 3.63) is 22.7 Å². The number of hydrogen-bond acceptors (Lipinski definition) is 3. The lowest BCUT2D eigenvalue weighted by Gasteiger charge is -2.18. The van der Waals surface area contributed by atoms with Crippen LogP contribution < -0.4 is 4.90 Å². The van der Waals surface area contributed by atoms with Crippen LogP contribution in [0.5, 0.6) is 5.75 Å². The Morgan fingerprint density at radius 2 is 2.25 bits per heavy atom. The standard InChI is InChI=1S/C11H12BrNO3/c12-8-1-2-10(15)9(4-8)13-5-7(6-14)3-11(13)16/h1-2,4,7,14-15H,3,5-6H2. The van der Waals surface area contributed by atoms with Crippen molar-refractivity contribution in [2.24, 2.45) is 5.92 Å². The van der Waals surface area contributed by atoms with Gasteiger partial charge in [-0.3, -0.25) is 4.79 Å². The number of phenolic OH excluding ortho intramolecular Hbond substituents is 1. The zero-order chi connectivity index (χ0) is 11.7. The Kier molecular flexibility index (Phi) is 3.16. The second-order valence-corrected chi connectivity index (χ2v) is 4.81. The van der Waals surface area contributed by atoms with Crippen molar-refractivity contribution in [1.29, 1.82) is 0 Å². The Balaban J connectivity index is 2.30. The number of carbonyl (C=O) groups is 1. The summed E-state index contributed by atoms with van der Waals surface area (Å²) in [5, 5.41) is 18.7. The highest BCUT2D eigenvalue weighted by Gasteiger charge is 2.31. The van der Waals surface area contributed by atoms with E-state index >= 15 is 0 Å². The van der Waals surface area contributed by atoms with E-state index in [9.17, 15) is 9.90 Å². The number of phenols is 1. The first kappa shape index (κ1) is 11.4. The molecule has 4 nitrogen and oxygen atoms in total. The predicted octanol–water partition coefficient (Wildman–Crippen LogP) is 1.50. The Hall–Kier alpha value is -1.07. The Labute approximate surface area is 102 Å². The van der Waals surface area contributed by atoms with Gasteiger partial charge in [0.05, 0.1) is 5.69 Å². The van der Waals surface area contributed by atoms with Crippen molar-refractivity contribution in [2.75, 3.05) is 18.1 Å². The summed E-state index contributed by atoms with van der Waals surface area (Å²) in [6.45, 7) is 0.455. The molecule has 1 amide bonds. The lowest BCUT2D eigenvalue weighted by atomic mass is 10.1. The Morgan fingerprint density at radius 3 is 2.88 bits per heavy atom. The maximum absolute atomic E-state index is 11.7. The molecule has 1 aliphatic heterocycles. The molecule has 1 aliphatic rings. The van der Waals surface area contributed by atoms with Crippen molar-refractivity contribution in [3.63, 3.8) is 0 Å². The smallest absolute Gasteiger partial charge is 0.227 e. The number of aliphatic hydroxyl groups excluding tert-OH is 1. The molecule has 16 heavy (non-hydrogen) atoms. The van der Waals surface area contributed by atoms with Gasteiger partial charge in [0, 0.05) is 30.0 Å². The van der Waals surface area contributed by atoms with Crippen molar-refractivity contribution in [3.8, 4) is 5.75 Å². The number of rotatable bonds is 2. The first-order valence-corrected chi connectivity index (χ1v) is 5.81. The zero-order valence-corrected chi connectivity index (χ0v) is 10.1. The van der Waals surface area contributed by atoms with Gasteiger partial charge in [0.2, 0.25) is 5.91 Å². The maximum atomic E-state index is 11.7. The summed E-state index contributed by atoms with van der Waals surface area (Å²) < 4.78 is 0.806. The normalized spacial score (nSPS) is 20.5. The van der Waals surface area contributed by atoms with Gasteiger partial charge in [0.1, 0.15) is 5.75 Å². The van der Waals surface area contributed by atoms with Gasteiger partial charge >= 0.3 is 0 Å². The number of anilines is 1. The highest BCUT2D eigenvalue weighted by Crippen LogP contribution is 2.34. The van der Waals surface area contributed by atoms with Crippen LogP contribution in [0.25, 0.3) is 0 Å². The average molecular weight is 286 g/mol. The van der Waals surface area contributed by atoms with Crippen molar-refractivity contribution >= 4 is 27.5 Å². The minimum absolute atomic E-state index is 0.00297. The number of halogens is 1. The van der Waals surface area contributed by atoms with E-state index in [0.717, 1.165) is 4.47 Å². The van der Waals surface area contributed by atoms with Crippen LogP contribution in [0.1, 0.15) is 6.42 Å². The van der Waals surface area contributed by atoms with Crippen LogP contribution in [0.4, 0.5) is 5.69 Å². The van der Waals surface area contributed by atoms with Crippen LogP contribution in [0.2, 0.25) is 0 Å². The molecule has 1 atom stereocenters. The number of aromatic hydroxyl groups is 1. The first-order chi connectivity index (χ1) is 7.61. The molecule has 0 bridgehead atoms. The fourth-order valence-corrected chi connectivity index (χ4v) is 2.20. The molecule has 1 aromatic carbocycles. The van der Waals surface area contributed by atoms with E-state index in [1.54, 1.807) is 18.2 Å². The van der Waals surface area contributed by atoms with E-state index in [0.29, 0.717) is 18.7 Å². The van der Waals surface area contributed by atoms with Crippen LogP contribution in [0.3, 0.4) is 0 Å². The average Bonchev–Trinajstić information content (AvgIpc) is 2.63. The van der Waals surface area contributed by atoms with E-state index in [1.165, 1.54) is 4.90 Å². The molecule has 86 valence electrons. The first-order valence-electron chi connectivity index (χ1n) is 5.01. The van der Waals surface area contributed by atoms with Crippen LogP contribution in [0.15, 0.2) is 22.7 Å². The van der Waals surface area contributed by atoms with Gasteiger partial charge in [-0.2, -0.15) is 0 Å². The number of hydrogen-bond donors (Lipinski definition) is 2. The largest absolute Gasteiger partial charge is 0.506 e. The molecule has 0 aliphatic carbocycles. The second kappa shape index (κ2) is 4.43. The van der Waals surface area contributed by atoms with E-state index in [2.05, 4.69) is 15.9 Å². The lowest BCUT2D eigenvalue weighted by molar-refractivity contribution is -0.117. The van der Waals surface area contributed by atoms with Gasteiger partial charge in [0.15, 0.2) is 0 Å². The Bertz CT molecular complexity index is 422. The molecular formula is C11H12BrNO3. The monoisotopic (exact) mass is 285 g/mol. The summed E-state index contributed by atoms with van der Waals surface area (Å²) in [6, 6.07) is 4.95. The molecule has 1 fully saturated rings. The zero-order valence-electron chi connectivity index (χ0n) is 8.56. The van der Waals surface area contributed by atoms with Crippen molar-refractivity contribution < 1.29 is 15.0 Å². The molecule has 1 aromatic rings. The van der Waals surface area contributed by atoms with Crippen molar-refractivity contribution in [1.82, 2.24) is 0 Å². The minimum atomic E-state index is -0.0625. The molecule has 2 rings (SSSR count). The van der Waals surface area contributed by atoms with Crippen LogP contribution in [-0.2, 0) is 4.79 Å². The molecular weight excluding hydrogens is 274 g/mol. The summed E-state index contributed by atoms with van der Waals surface area (Å²) >= 11 is 3.30. The van der Waals surface area contributed by atoms with Crippen molar-refractivity contribution in [2.45, 2.75) is 6.42 Å². The van der Waals surface area contributed by atoms with Gasteiger partial charge in [-0.1, -0.05) is 15.9 Å². The topological polar surface area (TPSA) is 60.8 Å². The fourth-order valence-electron chi connectivity index (χ4n) is 1.85. The molecule has 0 radical (unpaired) electrons. The molecule has 0 saturated carbocycles. The summed E-state index contributed by atoms with van der Waals surface area (Å²) in [6.07, 6.45) is 0.336. The molecule has 1 saturated heterocycles. The highest BCUT2D eigenvalue weighted by molar-refractivity contribution is 9.10. The number of benzene rings is 1. The molecule has 5 heteroatoms. The van der Waals surface area contributed by atoms with Gasteiger partial charge in [-0.25, -0.2) is 0 Å². The highest BCUT2D eigenvalue weighted by atomic mass is 79.9. The van der Waals surface area contributed by atoms with Gasteiger partial charge in [0.25, 0.3) is 0 Å². The van der Waals surface area contributed by atoms with E-state index < -0.39 is 0 Å². The summed E-state index contributed by atoms with van der Waals surface area (Å²) in [4.78, 5) is 13.2. The van der Waals surface area contributed by atoms with E-state index in [4.69, 9.17) is 5.11 Å². The van der Waals surface area contributed by atoms with Crippen LogP contribution in [0, 0.1) is 5.92 Å². The van der Waals surface area contributed by atoms with Gasteiger partial charge in [-0.05, 0) is 18.2 Å². The van der Waals surface area contributed by atoms with E-state index in [-0.39, 0.29) is 24.2 Å². The third kappa shape index (κ3) is 2.05. The number of nitrogens with zero attached hydrogens (tertiary/aromatic N) is 1. The molecule has 0 aromatic heterocycles. The number of carbonyl (C=O) groups excluding carboxylic acids is 1. The van der Waals surface area contributed by atoms with Crippen LogP contribution in [-0.4, -0.2) is 29.3 Å². The third-order valence-electron chi connectivity index (χ3n) is 2.69. The van der Waals surface area contributed by atoms with Gasteiger partial charge < -0.3 is 15.1 Å². The fraction of sp³-hybridized carbons (Fsp3) is 0.364. The quantitative estimate of drug-likeness (QED) is 0.866. The third-order valence-corrected chi connectivity index (χ3v) is 3.18. The number of amides is 1. The minimum Gasteiger partial charge on any atom is -0.506 e. The molecule has 1 unspecified atom stereocenters. The summed E-state index contributed by atoms with van der Waals surface area (Å²) in [7, 11) is 0. The molecule has 1 heterocycles. The number of aliphatic hydroxyl groups is 1. The second-order valence-electron chi connectivity index (χ2n) is 3.89. The summed E-state index contributed by atoms with van der Waals surface area (Å²) in [5.74, 6) is -0.0199. The lowest BCUT2D eigenvalue weighted by Crippen LogP contribution is -2.24. The van der Waals surface area contributed by atoms with E-state index in [1.807, 2.05) is 0 Å². The molecule has 2 N–H and O–H groups in total. The predicted molar refractivity (Wildman–Crippen MR) is 63.4 cm³/mol.